The van der Waals surface area contributed by atoms with Gasteiger partial charge in [0.2, 0.25) is 5.91 Å². The number of aliphatic imine (C=N–C) groups is 1. The van der Waals surface area contributed by atoms with Gasteiger partial charge < -0.3 is 20.3 Å². The molecule has 0 spiro atoms. The zero-order chi connectivity index (χ0) is 18.8. The van der Waals surface area contributed by atoms with E-state index in [1.54, 1.807) is 12.1 Å². The van der Waals surface area contributed by atoms with E-state index in [2.05, 4.69) is 15.6 Å². The number of carbonyl (C=O) groups is 1. The molecule has 0 bridgehead atoms. The van der Waals surface area contributed by atoms with Crippen LogP contribution in [0.25, 0.3) is 0 Å². The number of hydrogen-bond donors (Lipinski definition) is 2. The molecule has 6 nitrogen and oxygen atoms in total. The van der Waals surface area contributed by atoms with Gasteiger partial charge in [0.1, 0.15) is 24.2 Å². The third-order valence-corrected chi connectivity index (χ3v) is 4.23. The molecule has 7 heteroatoms. The normalized spacial score (nSPS) is 15.7. The first-order chi connectivity index (χ1) is 12.6. The van der Waals surface area contributed by atoms with Crippen molar-refractivity contribution < 1.29 is 13.9 Å². The first kappa shape index (κ1) is 20.0. The summed E-state index contributed by atoms with van der Waals surface area (Å²) in [6.45, 7) is 6.99. The van der Waals surface area contributed by atoms with Crippen molar-refractivity contribution in [3.63, 3.8) is 0 Å². The first-order valence-electron chi connectivity index (χ1n) is 9.34. The Morgan fingerprint density at radius 2 is 2.08 bits per heavy atom. The van der Waals surface area contributed by atoms with E-state index in [1.165, 1.54) is 12.1 Å². The monoisotopic (exact) mass is 364 g/mol. The highest BCUT2D eigenvalue weighted by Crippen LogP contribution is 2.14. The molecule has 1 amide bonds. The van der Waals surface area contributed by atoms with Crippen LogP contribution in [0.15, 0.2) is 29.3 Å². The van der Waals surface area contributed by atoms with E-state index in [0.717, 1.165) is 32.4 Å². The van der Waals surface area contributed by atoms with Crippen LogP contribution in [0.2, 0.25) is 0 Å². The van der Waals surface area contributed by atoms with Gasteiger partial charge in [-0.2, -0.15) is 0 Å². The maximum absolute atomic E-state index is 13.3. The van der Waals surface area contributed by atoms with Gasteiger partial charge >= 0.3 is 0 Å². The highest BCUT2D eigenvalue weighted by molar-refractivity contribution is 5.85. The molecule has 0 saturated carbocycles. The molecular formula is C19H29FN4O2. The predicted molar refractivity (Wildman–Crippen MR) is 101 cm³/mol. The van der Waals surface area contributed by atoms with Gasteiger partial charge in [0.15, 0.2) is 5.96 Å². The third-order valence-electron chi connectivity index (χ3n) is 4.23. The molecule has 1 aliphatic heterocycles. The van der Waals surface area contributed by atoms with Crippen LogP contribution in [-0.4, -0.2) is 55.6 Å². The average molecular weight is 364 g/mol. The van der Waals surface area contributed by atoms with Crippen molar-refractivity contribution >= 4 is 11.9 Å². The second kappa shape index (κ2) is 10.6. The lowest BCUT2D eigenvalue weighted by Gasteiger charge is -2.20. The van der Waals surface area contributed by atoms with Crippen molar-refractivity contribution in [2.75, 3.05) is 32.7 Å². The zero-order valence-electron chi connectivity index (χ0n) is 15.6. The number of ether oxygens (including phenoxy) is 1. The Kier molecular flexibility index (Phi) is 8.18. The predicted octanol–water partition coefficient (Wildman–Crippen LogP) is 2.16. The van der Waals surface area contributed by atoms with E-state index >= 15 is 0 Å². The van der Waals surface area contributed by atoms with E-state index in [0.29, 0.717) is 24.8 Å². The summed E-state index contributed by atoms with van der Waals surface area (Å²) in [4.78, 5) is 18.4. The van der Waals surface area contributed by atoms with E-state index in [1.807, 2.05) is 18.7 Å². The fourth-order valence-corrected chi connectivity index (χ4v) is 2.77. The van der Waals surface area contributed by atoms with Gasteiger partial charge in [0.25, 0.3) is 0 Å². The number of benzene rings is 1. The van der Waals surface area contributed by atoms with Crippen LogP contribution in [0.3, 0.4) is 0 Å². The number of halogens is 1. The lowest BCUT2D eigenvalue weighted by molar-refractivity contribution is -0.128. The Hall–Kier alpha value is -2.31. The maximum atomic E-state index is 13.3. The fraction of sp³-hybridized carbons (Fsp3) is 0.579. The van der Waals surface area contributed by atoms with Gasteiger partial charge in [-0.05, 0) is 38.3 Å². The molecule has 0 aromatic heterocycles. The molecular weight excluding hydrogens is 335 g/mol. The minimum Gasteiger partial charge on any atom is -0.489 e. The molecule has 1 fully saturated rings. The Morgan fingerprint density at radius 3 is 2.73 bits per heavy atom. The number of guanidine groups is 1. The molecule has 2 N–H and O–H groups in total. The number of nitrogens with one attached hydrogen (secondary N) is 2. The van der Waals surface area contributed by atoms with Crippen LogP contribution >= 0.6 is 0 Å². The van der Waals surface area contributed by atoms with Crippen molar-refractivity contribution in [2.24, 2.45) is 4.99 Å². The van der Waals surface area contributed by atoms with Gasteiger partial charge in [-0.15, -0.1) is 0 Å². The number of nitrogens with zero attached hydrogens (tertiary/aromatic N) is 2. The summed E-state index contributed by atoms with van der Waals surface area (Å²) in [7, 11) is 0. The lowest BCUT2D eigenvalue weighted by Crippen LogP contribution is -2.43. The molecule has 2 rings (SSSR count). The molecule has 1 heterocycles. The fourth-order valence-electron chi connectivity index (χ4n) is 2.77. The molecule has 0 radical (unpaired) electrons. The second-order valence-electron chi connectivity index (χ2n) is 6.27. The molecule has 0 aliphatic carbocycles. The molecule has 1 saturated heterocycles. The average Bonchev–Trinajstić information content (AvgIpc) is 3.17. The zero-order valence-corrected chi connectivity index (χ0v) is 15.6. The van der Waals surface area contributed by atoms with E-state index < -0.39 is 0 Å². The number of likely N-dealkylation sites (tertiary alicyclic amines) is 1. The smallest absolute Gasteiger partial charge is 0.244 e. The van der Waals surface area contributed by atoms with Crippen LogP contribution in [0.1, 0.15) is 33.1 Å². The van der Waals surface area contributed by atoms with Gasteiger partial charge in [-0.1, -0.05) is 13.0 Å². The van der Waals surface area contributed by atoms with Crippen LogP contribution in [-0.2, 0) is 4.79 Å². The molecule has 1 aliphatic rings. The van der Waals surface area contributed by atoms with Crippen LogP contribution in [0.5, 0.6) is 5.75 Å². The SMILES string of the molecule is CCNC(=NCC(=O)N1CCCC1)NCC(CC)Oc1cccc(F)c1. The summed E-state index contributed by atoms with van der Waals surface area (Å²) in [6.07, 6.45) is 2.78. The van der Waals surface area contributed by atoms with Crippen molar-refractivity contribution in [1.29, 1.82) is 0 Å². The molecule has 1 unspecified atom stereocenters. The van der Waals surface area contributed by atoms with E-state index in [4.69, 9.17) is 4.74 Å². The van der Waals surface area contributed by atoms with E-state index in [-0.39, 0.29) is 24.4 Å². The third kappa shape index (κ3) is 6.54. The number of amides is 1. The number of hydrogen-bond acceptors (Lipinski definition) is 3. The maximum Gasteiger partial charge on any atom is 0.244 e. The standard InChI is InChI=1S/C19H29FN4O2/c1-3-16(26-17-9-7-8-15(20)12-17)13-22-19(21-4-2)23-14-18(25)24-10-5-6-11-24/h7-9,12,16H,3-6,10-11,13-14H2,1-2H3,(H2,21,22,23). The second-order valence-corrected chi connectivity index (χ2v) is 6.27. The largest absolute Gasteiger partial charge is 0.489 e. The lowest BCUT2D eigenvalue weighted by atomic mass is 10.2. The number of carbonyl (C=O) groups excluding carboxylic acids is 1. The van der Waals surface area contributed by atoms with Gasteiger partial charge in [0, 0.05) is 25.7 Å². The van der Waals surface area contributed by atoms with Crippen molar-refractivity contribution in [2.45, 2.75) is 39.2 Å². The summed E-state index contributed by atoms with van der Waals surface area (Å²) in [5.74, 6) is 0.828. The highest BCUT2D eigenvalue weighted by atomic mass is 19.1. The first-order valence-corrected chi connectivity index (χ1v) is 9.34. The Labute approximate surface area is 154 Å². The number of rotatable bonds is 8. The Morgan fingerprint density at radius 1 is 1.31 bits per heavy atom. The summed E-state index contributed by atoms with van der Waals surface area (Å²) in [6, 6.07) is 6.12. The quantitative estimate of drug-likeness (QED) is 0.548. The molecule has 1 aromatic rings. The van der Waals surface area contributed by atoms with Gasteiger partial charge in [0.05, 0.1) is 6.54 Å². The van der Waals surface area contributed by atoms with Gasteiger partial charge in [-0.3, -0.25) is 4.79 Å². The summed E-state index contributed by atoms with van der Waals surface area (Å²) >= 11 is 0. The van der Waals surface area contributed by atoms with Crippen LogP contribution in [0.4, 0.5) is 4.39 Å². The van der Waals surface area contributed by atoms with Crippen molar-refractivity contribution in [3.05, 3.63) is 30.1 Å². The van der Waals surface area contributed by atoms with E-state index in [9.17, 15) is 9.18 Å². The summed E-state index contributed by atoms with van der Waals surface area (Å²) in [5, 5.41) is 6.34. The van der Waals surface area contributed by atoms with Crippen molar-refractivity contribution in [1.82, 2.24) is 15.5 Å². The molecule has 144 valence electrons. The minimum atomic E-state index is -0.319. The Bertz CT molecular complexity index is 603. The van der Waals surface area contributed by atoms with Gasteiger partial charge in [-0.25, -0.2) is 9.38 Å². The molecule has 26 heavy (non-hydrogen) atoms. The van der Waals surface area contributed by atoms with Crippen LogP contribution in [0, 0.1) is 5.82 Å². The molecule has 1 atom stereocenters. The molecule has 1 aromatic carbocycles. The summed E-state index contributed by atoms with van der Waals surface area (Å²) in [5.41, 5.74) is 0. The van der Waals surface area contributed by atoms with Crippen molar-refractivity contribution in [3.8, 4) is 5.75 Å². The highest BCUT2D eigenvalue weighted by Gasteiger charge is 2.17. The summed E-state index contributed by atoms with van der Waals surface area (Å²) < 4.78 is 19.1. The topological polar surface area (TPSA) is 66.0 Å². The Balaban J connectivity index is 1.86. The van der Waals surface area contributed by atoms with Crippen LogP contribution < -0.4 is 15.4 Å². The minimum absolute atomic E-state index is 0.0581.